The zero-order chi connectivity index (χ0) is 13.0. The summed E-state index contributed by atoms with van der Waals surface area (Å²) in [6, 6.07) is 0. The van der Waals surface area contributed by atoms with Crippen molar-refractivity contribution in [2.75, 3.05) is 6.54 Å². The van der Waals surface area contributed by atoms with Crippen LogP contribution >= 0.6 is 0 Å². The average molecular weight is 243 g/mol. The maximum atomic E-state index is 11.7. The predicted octanol–water partition coefficient (Wildman–Crippen LogP) is 1.03. The van der Waals surface area contributed by atoms with Crippen molar-refractivity contribution in [2.45, 2.75) is 45.8 Å². The van der Waals surface area contributed by atoms with Crippen LogP contribution in [0.4, 0.5) is 0 Å². The van der Waals surface area contributed by atoms with Crippen molar-refractivity contribution < 1.29 is 19.4 Å². The third-order valence-electron chi connectivity index (χ3n) is 3.32. The fraction of sp³-hybridized carbons (Fsp3) is 0.833. The first-order valence-corrected chi connectivity index (χ1v) is 6.07. The Bertz CT molecular complexity index is 290. The highest BCUT2D eigenvalue weighted by Gasteiger charge is 2.34. The summed E-state index contributed by atoms with van der Waals surface area (Å²) in [6.07, 6.45) is -0.532. The number of carboxylic acids is 1. The van der Waals surface area contributed by atoms with Crippen molar-refractivity contribution in [1.82, 2.24) is 5.32 Å². The van der Waals surface area contributed by atoms with Gasteiger partial charge in [-0.2, -0.15) is 0 Å². The summed E-state index contributed by atoms with van der Waals surface area (Å²) in [6.45, 7) is 6.88. The molecule has 1 heterocycles. The van der Waals surface area contributed by atoms with Gasteiger partial charge in [-0.25, -0.2) is 4.79 Å². The number of rotatable bonds is 5. The van der Waals surface area contributed by atoms with E-state index in [1.54, 1.807) is 0 Å². The minimum Gasteiger partial charge on any atom is -0.479 e. The van der Waals surface area contributed by atoms with Crippen LogP contribution < -0.4 is 5.32 Å². The van der Waals surface area contributed by atoms with Crippen molar-refractivity contribution in [3.63, 3.8) is 0 Å². The SMILES string of the molecule is CC(C)C(C)CNC(=O)[C@@H]1CC[C@H](C(=O)O)O1. The number of amides is 1. The molecule has 1 amide bonds. The van der Waals surface area contributed by atoms with Gasteiger partial charge < -0.3 is 15.2 Å². The molecular formula is C12H21NO4. The van der Waals surface area contributed by atoms with Crippen LogP contribution in [-0.4, -0.2) is 35.7 Å². The third-order valence-corrected chi connectivity index (χ3v) is 3.32. The number of carbonyl (C=O) groups excluding carboxylic acids is 1. The Morgan fingerprint density at radius 2 is 1.88 bits per heavy atom. The van der Waals surface area contributed by atoms with Crippen LogP contribution in [0.1, 0.15) is 33.6 Å². The van der Waals surface area contributed by atoms with Crippen molar-refractivity contribution in [1.29, 1.82) is 0 Å². The lowest BCUT2D eigenvalue weighted by molar-refractivity contribution is -0.151. The molecule has 0 aromatic rings. The second kappa shape index (κ2) is 6.00. The lowest BCUT2D eigenvalue weighted by atomic mass is 9.98. The van der Waals surface area contributed by atoms with Crippen LogP contribution in [-0.2, 0) is 14.3 Å². The number of carboxylic acid groups (broad SMARTS) is 1. The normalized spacial score (nSPS) is 25.9. The van der Waals surface area contributed by atoms with Crippen LogP contribution in [0.2, 0.25) is 0 Å². The molecule has 3 atom stereocenters. The molecule has 0 aromatic carbocycles. The molecule has 1 fully saturated rings. The monoisotopic (exact) mass is 243 g/mol. The standard InChI is InChI=1S/C12H21NO4/c1-7(2)8(3)6-13-11(14)9-4-5-10(17-9)12(15)16/h7-10H,4-6H2,1-3H3,(H,13,14)(H,15,16)/t8?,9-,10+/m0/s1. The molecule has 2 N–H and O–H groups in total. The summed E-state index contributed by atoms with van der Waals surface area (Å²) in [7, 11) is 0. The number of ether oxygens (including phenoxy) is 1. The van der Waals surface area contributed by atoms with Gasteiger partial charge in [0.05, 0.1) is 0 Å². The third kappa shape index (κ3) is 4.00. The molecule has 1 aliphatic heterocycles. The summed E-state index contributed by atoms with van der Waals surface area (Å²) >= 11 is 0. The van der Waals surface area contributed by atoms with Gasteiger partial charge >= 0.3 is 5.97 Å². The van der Waals surface area contributed by atoms with E-state index in [4.69, 9.17) is 9.84 Å². The molecule has 0 bridgehead atoms. The van der Waals surface area contributed by atoms with Crippen molar-refractivity contribution >= 4 is 11.9 Å². The predicted molar refractivity (Wildman–Crippen MR) is 62.5 cm³/mol. The van der Waals surface area contributed by atoms with E-state index < -0.39 is 18.2 Å². The smallest absolute Gasteiger partial charge is 0.332 e. The molecule has 1 unspecified atom stereocenters. The fourth-order valence-corrected chi connectivity index (χ4v) is 1.62. The average Bonchev–Trinajstić information content (AvgIpc) is 2.74. The Balaban J connectivity index is 2.32. The molecular weight excluding hydrogens is 222 g/mol. The van der Waals surface area contributed by atoms with Gasteiger partial charge in [0.2, 0.25) is 5.91 Å². The molecule has 0 aromatic heterocycles. The molecule has 0 aliphatic carbocycles. The van der Waals surface area contributed by atoms with E-state index in [2.05, 4.69) is 26.1 Å². The molecule has 1 saturated heterocycles. The Labute approximate surface area is 102 Å². The van der Waals surface area contributed by atoms with Gasteiger partial charge in [0.25, 0.3) is 0 Å². The van der Waals surface area contributed by atoms with Gasteiger partial charge in [0.15, 0.2) is 6.10 Å². The molecule has 5 nitrogen and oxygen atoms in total. The van der Waals surface area contributed by atoms with E-state index in [-0.39, 0.29) is 5.91 Å². The number of aliphatic carboxylic acids is 1. The zero-order valence-corrected chi connectivity index (χ0v) is 10.6. The molecule has 0 saturated carbocycles. The topological polar surface area (TPSA) is 75.6 Å². The molecule has 1 aliphatic rings. The quantitative estimate of drug-likeness (QED) is 0.756. The lowest BCUT2D eigenvalue weighted by Crippen LogP contribution is -2.38. The fourth-order valence-electron chi connectivity index (χ4n) is 1.62. The number of hydrogen-bond donors (Lipinski definition) is 2. The van der Waals surface area contributed by atoms with Crippen LogP contribution in [0.25, 0.3) is 0 Å². The van der Waals surface area contributed by atoms with E-state index in [9.17, 15) is 9.59 Å². The molecule has 0 spiro atoms. The Hall–Kier alpha value is -1.10. The van der Waals surface area contributed by atoms with Crippen molar-refractivity contribution in [3.8, 4) is 0 Å². The minimum atomic E-state index is -0.990. The van der Waals surface area contributed by atoms with Gasteiger partial charge in [0, 0.05) is 6.54 Å². The van der Waals surface area contributed by atoms with Gasteiger partial charge in [-0.3, -0.25) is 4.79 Å². The van der Waals surface area contributed by atoms with Crippen molar-refractivity contribution in [2.24, 2.45) is 11.8 Å². The van der Waals surface area contributed by atoms with Crippen LogP contribution in [0.15, 0.2) is 0 Å². The Kier molecular flexibility index (Phi) is 4.93. The highest BCUT2D eigenvalue weighted by Crippen LogP contribution is 2.20. The molecule has 1 rings (SSSR count). The van der Waals surface area contributed by atoms with Crippen LogP contribution in [0, 0.1) is 11.8 Å². The van der Waals surface area contributed by atoms with Gasteiger partial charge in [-0.15, -0.1) is 0 Å². The van der Waals surface area contributed by atoms with E-state index in [0.29, 0.717) is 31.2 Å². The van der Waals surface area contributed by atoms with Crippen LogP contribution in [0.3, 0.4) is 0 Å². The van der Waals surface area contributed by atoms with Crippen molar-refractivity contribution in [3.05, 3.63) is 0 Å². The second-order valence-electron chi connectivity index (χ2n) is 5.00. The Morgan fingerprint density at radius 3 is 2.35 bits per heavy atom. The highest BCUT2D eigenvalue weighted by atomic mass is 16.5. The van der Waals surface area contributed by atoms with Gasteiger partial charge in [-0.1, -0.05) is 20.8 Å². The molecule has 5 heteroatoms. The zero-order valence-electron chi connectivity index (χ0n) is 10.6. The first-order valence-electron chi connectivity index (χ1n) is 6.07. The lowest BCUT2D eigenvalue weighted by Gasteiger charge is -2.18. The van der Waals surface area contributed by atoms with E-state index in [1.807, 2.05) is 0 Å². The maximum Gasteiger partial charge on any atom is 0.332 e. The van der Waals surface area contributed by atoms with E-state index in [0.717, 1.165) is 0 Å². The summed E-state index contributed by atoms with van der Waals surface area (Å²) in [5.74, 6) is -0.278. The highest BCUT2D eigenvalue weighted by molar-refractivity contribution is 5.82. The molecule has 98 valence electrons. The number of carbonyl (C=O) groups is 2. The van der Waals surface area contributed by atoms with E-state index >= 15 is 0 Å². The van der Waals surface area contributed by atoms with Gasteiger partial charge in [0.1, 0.15) is 6.10 Å². The second-order valence-corrected chi connectivity index (χ2v) is 5.00. The largest absolute Gasteiger partial charge is 0.479 e. The maximum absolute atomic E-state index is 11.7. The first-order chi connectivity index (χ1) is 7.91. The number of hydrogen-bond acceptors (Lipinski definition) is 3. The summed E-state index contributed by atoms with van der Waals surface area (Å²) < 4.78 is 5.17. The summed E-state index contributed by atoms with van der Waals surface area (Å²) in [5, 5.41) is 11.6. The Morgan fingerprint density at radius 1 is 1.29 bits per heavy atom. The minimum absolute atomic E-state index is 0.193. The van der Waals surface area contributed by atoms with E-state index in [1.165, 1.54) is 0 Å². The number of nitrogens with one attached hydrogen (secondary N) is 1. The summed E-state index contributed by atoms with van der Waals surface area (Å²) in [5.41, 5.74) is 0. The van der Waals surface area contributed by atoms with Crippen LogP contribution in [0.5, 0.6) is 0 Å². The first kappa shape index (κ1) is 14.0. The van der Waals surface area contributed by atoms with Gasteiger partial charge in [-0.05, 0) is 24.7 Å². The molecule has 0 radical (unpaired) electrons. The molecule has 17 heavy (non-hydrogen) atoms. The summed E-state index contributed by atoms with van der Waals surface area (Å²) in [4.78, 5) is 22.4.